The smallest absolute Gasteiger partial charge is 0.320 e. The van der Waals surface area contributed by atoms with Crippen LogP contribution in [0, 0.1) is 10.1 Å². The van der Waals surface area contributed by atoms with Crippen LogP contribution in [0.2, 0.25) is 0 Å². The van der Waals surface area contributed by atoms with Crippen LogP contribution in [0.5, 0.6) is 5.75 Å². The second-order valence-corrected chi connectivity index (χ2v) is 5.56. The van der Waals surface area contributed by atoms with Gasteiger partial charge in [0, 0.05) is 6.07 Å². The van der Waals surface area contributed by atoms with Crippen LogP contribution in [0.15, 0.2) is 23.1 Å². The summed E-state index contributed by atoms with van der Waals surface area (Å²) >= 11 is 0. The fourth-order valence-electron chi connectivity index (χ4n) is 1.17. The Morgan fingerprint density at radius 2 is 1.95 bits per heavy atom. The lowest BCUT2D eigenvalue weighted by Crippen LogP contribution is -2.41. The molecule has 0 aromatic heterocycles. The molecule has 0 fully saturated rings. The standard InChI is InChI=1S/C9H8F4N2O5S/c10-8(11)9(12,13)4-14-21(19,20)5-1-2-7(16)6(3-5)15(17)18/h1-3,8,14,16H,4H2. The summed E-state index contributed by atoms with van der Waals surface area (Å²) in [6.07, 6.45) is -4.07. The minimum Gasteiger partial charge on any atom is -0.502 e. The van der Waals surface area contributed by atoms with Crippen LogP contribution < -0.4 is 4.72 Å². The van der Waals surface area contributed by atoms with Crippen molar-refractivity contribution in [1.29, 1.82) is 0 Å². The first-order valence-electron chi connectivity index (χ1n) is 5.10. The van der Waals surface area contributed by atoms with E-state index >= 15 is 0 Å². The Kier molecular flexibility index (Phi) is 4.73. The van der Waals surface area contributed by atoms with Gasteiger partial charge in [-0.25, -0.2) is 21.9 Å². The molecule has 0 aliphatic rings. The lowest BCUT2D eigenvalue weighted by atomic mass is 10.3. The van der Waals surface area contributed by atoms with Gasteiger partial charge in [0.2, 0.25) is 10.0 Å². The van der Waals surface area contributed by atoms with Crippen molar-refractivity contribution in [3.63, 3.8) is 0 Å². The number of hydrogen-bond acceptors (Lipinski definition) is 5. The van der Waals surface area contributed by atoms with Gasteiger partial charge in [0.05, 0.1) is 16.4 Å². The van der Waals surface area contributed by atoms with Crippen molar-refractivity contribution in [3.05, 3.63) is 28.3 Å². The summed E-state index contributed by atoms with van der Waals surface area (Å²) < 4.78 is 73.5. The topological polar surface area (TPSA) is 110 Å². The Hall–Kier alpha value is -1.95. The van der Waals surface area contributed by atoms with Crippen molar-refractivity contribution in [2.45, 2.75) is 17.2 Å². The Labute approximate surface area is 115 Å². The van der Waals surface area contributed by atoms with Crippen molar-refractivity contribution in [2.24, 2.45) is 0 Å². The third-order valence-corrected chi connectivity index (χ3v) is 3.67. The molecule has 0 aliphatic carbocycles. The Morgan fingerprint density at radius 3 is 2.43 bits per heavy atom. The van der Waals surface area contributed by atoms with Gasteiger partial charge in [-0.3, -0.25) is 10.1 Å². The summed E-state index contributed by atoms with van der Waals surface area (Å²) in [6, 6.07) is 1.78. The van der Waals surface area contributed by atoms with Gasteiger partial charge in [-0.1, -0.05) is 0 Å². The van der Waals surface area contributed by atoms with E-state index in [1.165, 1.54) is 4.72 Å². The van der Waals surface area contributed by atoms with Gasteiger partial charge in [0.15, 0.2) is 5.75 Å². The largest absolute Gasteiger partial charge is 0.502 e. The summed E-state index contributed by atoms with van der Waals surface area (Å²) in [5.74, 6) is -5.42. The Bertz CT molecular complexity index is 650. The molecule has 12 heteroatoms. The molecule has 0 amide bonds. The van der Waals surface area contributed by atoms with Crippen molar-refractivity contribution in [2.75, 3.05) is 6.54 Å². The van der Waals surface area contributed by atoms with E-state index in [2.05, 4.69) is 0 Å². The van der Waals surface area contributed by atoms with E-state index < -0.39 is 50.2 Å². The van der Waals surface area contributed by atoms with E-state index in [1.54, 1.807) is 0 Å². The lowest BCUT2D eigenvalue weighted by Gasteiger charge is -2.15. The number of phenols is 1. The van der Waals surface area contributed by atoms with Gasteiger partial charge in [0.25, 0.3) is 0 Å². The van der Waals surface area contributed by atoms with Gasteiger partial charge >= 0.3 is 18.0 Å². The highest BCUT2D eigenvalue weighted by Crippen LogP contribution is 2.28. The van der Waals surface area contributed by atoms with Gasteiger partial charge < -0.3 is 5.11 Å². The normalized spacial score (nSPS) is 12.6. The number of sulfonamides is 1. The van der Waals surface area contributed by atoms with Crippen LogP contribution in [-0.4, -0.2) is 37.3 Å². The monoisotopic (exact) mass is 332 g/mol. The third-order valence-electron chi connectivity index (χ3n) is 2.27. The fourth-order valence-corrected chi connectivity index (χ4v) is 2.23. The number of nitro benzene ring substituents is 1. The van der Waals surface area contributed by atoms with Crippen LogP contribution in [0.25, 0.3) is 0 Å². The number of nitrogens with zero attached hydrogens (tertiary/aromatic N) is 1. The number of nitro groups is 1. The average molecular weight is 332 g/mol. The first-order chi connectivity index (χ1) is 9.47. The summed E-state index contributed by atoms with van der Waals surface area (Å²) in [4.78, 5) is 8.60. The van der Waals surface area contributed by atoms with E-state index in [1.807, 2.05) is 0 Å². The van der Waals surface area contributed by atoms with Crippen LogP contribution in [0.3, 0.4) is 0 Å². The number of alkyl halides is 4. The van der Waals surface area contributed by atoms with Gasteiger partial charge in [-0.2, -0.15) is 8.78 Å². The minimum atomic E-state index is -4.68. The van der Waals surface area contributed by atoms with E-state index in [0.717, 1.165) is 0 Å². The molecule has 0 unspecified atom stereocenters. The van der Waals surface area contributed by atoms with Crippen molar-refractivity contribution in [3.8, 4) is 5.75 Å². The molecular weight excluding hydrogens is 324 g/mol. The lowest BCUT2D eigenvalue weighted by molar-refractivity contribution is -0.386. The van der Waals surface area contributed by atoms with E-state index in [9.17, 15) is 36.1 Å². The second-order valence-electron chi connectivity index (χ2n) is 3.79. The third kappa shape index (κ3) is 4.01. The number of phenolic OH excluding ortho intramolecular Hbond substituents is 1. The first-order valence-corrected chi connectivity index (χ1v) is 6.59. The second kappa shape index (κ2) is 5.81. The summed E-state index contributed by atoms with van der Waals surface area (Å²) in [6.45, 7) is -1.87. The number of halogens is 4. The van der Waals surface area contributed by atoms with Gasteiger partial charge in [0.1, 0.15) is 0 Å². The highest BCUT2D eigenvalue weighted by atomic mass is 32.2. The van der Waals surface area contributed by atoms with Crippen LogP contribution >= 0.6 is 0 Å². The number of nitrogens with one attached hydrogen (secondary N) is 1. The zero-order chi connectivity index (χ0) is 16.4. The van der Waals surface area contributed by atoms with Crippen LogP contribution in [0.1, 0.15) is 0 Å². The molecule has 0 spiro atoms. The molecule has 0 radical (unpaired) electrons. The van der Waals surface area contributed by atoms with E-state index in [-0.39, 0.29) is 0 Å². The molecule has 1 rings (SSSR count). The van der Waals surface area contributed by atoms with Gasteiger partial charge in [-0.05, 0) is 12.1 Å². The van der Waals surface area contributed by atoms with Gasteiger partial charge in [-0.15, -0.1) is 0 Å². The fraction of sp³-hybridized carbons (Fsp3) is 0.333. The summed E-state index contributed by atoms with van der Waals surface area (Å²) in [5, 5.41) is 19.6. The molecule has 0 saturated carbocycles. The molecule has 21 heavy (non-hydrogen) atoms. The molecule has 0 heterocycles. The predicted molar refractivity (Wildman–Crippen MR) is 60.9 cm³/mol. The zero-order valence-corrected chi connectivity index (χ0v) is 10.8. The molecule has 1 aromatic carbocycles. The highest BCUT2D eigenvalue weighted by Gasteiger charge is 2.41. The number of rotatable bonds is 6. The summed E-state index contributed by atoms with van der Waals surface area (Å²) in [5.41, 5.74) is -0.974. The Balaban J connectivity index is 3.04. The molecular formula is C9H8F4N2O5S. The first kappa shape index (κ1) is 17.1. The maximum atomic E-state index is 12.6. The van der Waals surface area contributed by atoms with E-state index in [4.69, 9.17) is 5.11 Å². The molecule has 0 atom stereocenters. The number of benzene rings is 1. The highest BCUT2D eigenvalue weighted by molar-refractivity contribution is 7.89. The van der Waals surface area contributed by atoms with E-state index in [0.29, 0.717) is 18.2 Å². The predicted octanol–water partition coefficient (Wildman–Crippen LogP) is 1.48. The molecule has 118 valence electrons. The van der Waals surface area contributed by atoms with Crippen molar-refractivity contribution >= 4 is 15.7 Å². The molecule has 0 saturated heterocycles. The summed E-state index contributed by atoms with van der Waals surface area (Å²) in [7, 11) is -4.68. The zero-order valence-electron chi connectivity index (χ0n) is 9.96. The molecule has 0 aliphatic heterocycles. The van der Waals surface area contributed by atoms with Crippen LogP contribution in [-0.2, 0) is 10.0 Å². The molecule has 1 aromatic rings. The van der Waals surface area contributed by atoms with Crippen LogP contribution in [0.4, 0.5) is 23.2 Å². The number of hydrogen-bond donors (Lipinski definition) is 2. The molecule has 2 N–H and O–H groups in total. The number of aromatic hydroxyl groups is 1. The molecule has 7 nitrogen and oxygen atoms in total. The minimum absolute atomic E-state index is 0.415. The van der Waals surface area contributed by atoms with Crippen molar-refractivity contribution < 1.29 is 36.0 Å². The molecule has 0 bridgehead atoms. The maximum absolute atomic E-state index is 12.6. The maximum Gasteiger partial charge on any atom is 0.320 e. The average Bonchev–Trinajstić information content (AvgIpc) is 2.36. The SMILES string of the molecule is O=[N+]([O-])c1cc(S(=O)(=O)NCC(F)(F)C(F)F)ccc1O. The van der Waals surface area contributed by atoms with Crippen molar-refractivity contribution in [1.82, 2.24) is 4.72 Å². The Morgan fingerprint density at radius 1 is 1.38 bits per heavy atom. The quantitative estimate of drug-likeness (QED) is 0.466.